The number of halogens is 3. The maximum absolute atomic E-state index is 14.7. The highest BCUT2D eigenvalue weighted by Crippen LogP contribution is 2.45. The Bertz CT molecular complexity index is 4930. The highest BCUT2D eigenvalue weighted by molar-refractivity contribution is 6.14. The molecule has 0 saturated carbocycles. The molecule has 0 atom stereocenters. The van der Waals surface area contributed by atoms with E-state index in [0.717, 1.165) is 12.1 Å². The summed E-state index contributed by atoms with van der Waals surface area (Å²) in [6.07, 6.45) is -4.76. The van der Waals surface area contributed by atoms with Crippen LogP contribution in [0.3, 0.4) is 0 Å². The first-order valence-electron chi connectivity index (χ1n) is 25.5. The lowest BCUT2D eigenvalue weighted by Crippen LogP contribution is -2.07. The van der Waals surface area contributed by atoms with Gasteiger partial charge in [-0.2, -0.15) is 60.5 Å². The van der Waals surface area contributed by atoms with Gasteiger partial charge in [-0.25, -0.2) is 0 Å². The van der Waals surface area contributed by atoms with Gasteiger partial charge < -0.3 is 9.13 Å². The summed E-state index contributed by atoms with van der Waals surface area (Å²) in [5.74, 6) is 0. The van der Waals surface area contributed by atoms with Gasteiger partial charge in [0.25, 0.3) is 0 Å². The molecule has 0 fully saturated rings. The summed E-state index contributed by atoms with van der Waals surface area (Å²) in [5, 5.41) is 94.8. The number of fused-ring (bicyclic) bond motifs is 6. The van der Waals surface area contributed by atoms with Crippen LogP contribution in [0.2, 0.25) is 0 Å². The molecule has 386 valence electrons. The molecule has 0 saturated heterocycles. The van der Waals surface area contributed by atoms with Gasteiger partial charge in [0, 0.05) is 27.1 Å². The highest BCUT2D eigenvalue weighted by Gasteiger charge is 2.31. The van der Waals surface area contributed by atoms with E-state index in [1.165, 1.54) is 36.4 Å². The number of nitrogens with zero attached hydrogens (tertiary/aromatic N) is 11. The van der Waals surface area contributed by atoms with Crippen molar-refractivity contribution in [1.29, 1.82) is 47.4 Å². The van der Waals surface area contributed by atoms with Gasteiger partial charge in [-0.3, -0.25) is 0 Å². The van der Waals surface area contributed by atoms with Gasteiger partial charge in [-0.05, 0) is 171 Å². The Morgan fingerprint density at radius 1 is 0.274 bits per heavy atom. The number of aromatic nitrogens is 2. The zero-order chi connectivity index (χ0) is 58.6. The first-order valence-corrected chi connectivity index (χ1v) is 25.5. The lowest BCUT2D eigenvalue weighted by atomic mass is 9.96. The molecule has 0 spiro atoms. The number of benzene rings is 10. The second-order valence-electron chi connectivity index (χ2n) is 19.8. The standard InChI is InChI=1S/C70H30F3N11/c71-70(72,73)58-3-1-2-52(24-58)63-30-69(84-66-27-50(55-20-44(35-78)14-45(21-55)36-79)6-10-61(66)62-11-7-51(28-67(62)84)56-22-46(37-80)15-47(23-56)38-81)68(29-57(63)39-82)83-64-25-48(53-16-40(31-74)12-41(17-53)32-75)4-8-59(64)60-9-5-49(26-65(60)83)54-18-42(33-76)13-43(19-54)34-77/h1-30H. The largest absolute Gasteiger partial charge is 0.416 e. The second kappa shape index (κ2) is 20.3. The zero-order valence-electron chi connectivity index (χ0n) is 43.4. The van der Waals surface area contributed by atoms with E-state index in [-0.39, 0.29) is 61.2 Å². The first kappa shape index (κ1) is 51.7. The van der Waals surface area contributed by atoms with Crippen molar-refractivity contribution in [2.45, 2.75) is 6.18 Å². The van der Waals surface area contributed by atoms with Crippen LogP contribution >= 0.6 is 0 Å². The maximum atomic E-state index is 14.7. The lowest BCUT2D eigenvalue weighted by Gasteiger charge is -2.20. The fourth-order valence-corrected chi connectivity index (χ4v) is 11.1. The van der Waals surface area contributed by atoms with Gasteiger partial charge in [-0.1, -0.05) is 60.7 Å². The van der Waals surface area contributed by atoms with Crippen molar-refractivity contribution in [3.63, 3.8) is 0 Å². The van der Waals surface area contributed by atoms with Crippen molar-refractivity contribution in [3.05, 3.63) is 238 Å². The molecule has 84 heavy (non-hydrogen) atoms. The Hall–Kier alpha value is -13.0. The van der Waals surface area contributed by atoms with Gasteiger partial charge in [0.05, 0.1) is 144 Å². The Labute approximate surface area is 476 Å². The zero-order valence-corrected chi connectivity index (χ0v) is 43.4. The lowest BCUT2D eigenvalue weighted by molar-refractivity contribution is -0.137. The van der Waals surface area contributed by atoms with E-state index in [0.29, 0.717) is 99.5 Å². The summed E-state index contributed by atoms with van der Waals surface area (Å²) in [4.78, 5) is 0. The van der Waals surface area contributed by atoms with Gasteiger partial charge in [0.2, 0.25) is 0 Å². The van der Waals surface area contributed by atoms with Crippen molar-refractivity contribution < 1.29 is 13.2 Å². The summed E-state index contributed by atoms with van der Waals surface area (Å²) >= 11 is 0. The van der Waals surface area contributed by atoms with Crippen molar-refractivity contribution in [1.82, 2.24) is 9.13 Å². The predicted octanol–water partition coefficient (Wildman–Crippen LogP) is 16.1. The van der Waals surface area contributed by atoms with E-state index >= 15 is 0 Å². The Kier molecular flexibility index (Phi) is 12.5. The average molecular weight is 1080 g/mol. The maximum Gasteiger partial charge on any atom is 0.416 e. The van der Waals surface area contributed by atoms with Crippen molar-refractivity contribution in [2.75, 3.05) is 0 Å². The van der Waals surface area contributed by atoms with Crippen molar-refractivity contribution in [2.24, 2.45) is 0 Å². The summed E-state index contributed by atoms with van der Waals surface area (Å²) in [5.41, 5.74) is 8.61. The van der Waals surface area contributed by atoms with E-state index in [9.17, 15) is 60.5 Å². The summed E-state index contributed by atoms with van der Waals surface area (Å²) in [6, 6.07) is 69.2. The molecule has 0 radical (unpaired) electrons. The molecule has 10 aromatic carbocycles. The van der Waals surface area contributed by atoms with Crippen LogP contribution in [0.15, 0.2) is 182 Å². The molecule has 0 aliphatic heterocycles. The Morgan fingerprint density at radius 3 is 0.845 bits per heavy atom. The molecule has 0 unspecified atom stereocenters. The van der Waals surface area contributed by atoms with Crippen LogP contribution in [0.5, 0.6) is 0 Å². The highest BCUT2D eigenvalue weighted by atomic mass is 19.4. The minimum Gasteiger partial charge on any atom is -0.307 e. The molecule has 2 heterocycles. The minimum atomic E-state index is -4.76. The smallest absolute Gasteiger partial charge is 0.307 e. The van der Waals surface area contributed by atoms with Crippen LogP contribution < -0.4 is 0 Å². The molecular formula is C70H30F3N11. The van der Waals surface area contributed by atoms with Crippen LogP contribution in [0, 0.1) is 102 Å². The molecule has 2 aromatic heterocycles. The molecule has 14 heteroatoms. The third-order valence-electron chi connectivity index (χ3n) is 14.9. The predicted molar refractivity (Wildman–Crippen MR) is 310 cm³/mol. The van der Waals surface area contributed by atoms with Gasteiger partial charge in [0.1, 0.15) is 0 Å². The van der Waals surface area contributed by atoms with Gasteiger partial charge >= 0.3 is 6.18 Å². The molecule has 0 aliphatic carbocycles. The molecule has 12 rings (SSSR count). The second-order valence-corrected chi connectivity index (χ2v) is 19.8. The van der Waals surface area contributed by atoms with Crippen LogP contribution in [-0.4, -0.2) is 9.13 Å². The van der Waals surface area contributed by atoms with Gasteiger partial charge in [0.15, 0.2) is 0 Å². The molecule has 0 amide bonds. The van der Waals surface area contributed by atoms with Crippen molar-refractivity contribution in [3.8, 4) is 122 Å². The quantitative estimate of drug-likeness (QED) is 0.148. The number of nitriles is 9. The SMILES string of the molecule is N#Cc1cc(C#N)cc(-c2ccc3c4ccc(-c5cc(C#N)cc(C#N)c5)cc4n(-c4cc(C#N)c(-c5cccc(C(F)(F)F)c5)cc4-n4c5cc(-c6cc(C#N)cc(C#N)c6)ccc5c5ccc(-c6cc(C#N)cc(C#N)c6)cc54)c3c2)c1. The third kappa shape index (κ3) is 8.93. The van der Waals surface area contributed by atoms with Crippen LogP contribution in [0.4, 0.5) is 13.2 Å². The number of hydrogen-bond acceptors (Lipinski definition) is 9. The topological polar surface area (TPSA) is 224 Å². The summed E-state index contributed by atoms with van der Waals surface area (Å²) in [6.45, 7) is 0. The summed E-state index contributed by atoms with van der Waals surface area (Å²) in [7, 11) is 0. The Balaban J connectivity index is 1.28. The number of hydrogen-bond donors (Lipinski definition) is 0. The number of alkyl halides is 3. The molecule has 12 aromatic rings. The average Bonchev–Trinajstić information content (AvgIpc) is 2.52. The fraction of sp³-hybridized carbons (Fsp3) is 0.0143. The first-order chi connectivity index (χ1) is 40.8. The van der Waals surface area contributed by atoms with E-state index in [4.69, 9.17) is 0 Å². The molecule has 0 bridgehead atoms. The minimum absolute atomic E-state index is 0.00648. The van der Waals surface area contributed by atoms with E-state index in [2.05, 4.69) is 54.6 Å². The van der Waals surface area contributed by atoms with Crippen LogP contribution in [-0.2, 0) is 6.18 Å². The summed E-state index contributed by atoms with van der Waals surface area (Å²) < 4.78 is 47.9. The monoisotopic (exact) mass is 1080 g/mol. The third-order valence-corrected chi connectivity index (χ3v) is 14.9. The fourth-order valence-electron chi connectivity index (χ4n) is 11.1. The van der Waals surface area contributed by atoms with Gasteiger partial charge in [-0.15, -0.1) is 0 Å². The van der Waals surface area contributed by atoms with E-state index in [1.807, 2.05) is 81.9 Å². The molecule has 0 N–H and O–H groups in total. The molecular weight excluding hydrogens is 1050 g/mol. The van der Waals surface area contributed by atoms with E-state index in [1.54, 1.807) is 60.7 Å². The molecule has 11 nitrogen and oxygen atoms in total. The normalized spacial score (nSPS) is 10.9. The Morgan fingerprint density at radius 2 is 0.571 bits per heavy atom. The van der Waals surface area contributed by atoms with Crippen LogP contribution in [0.25, 0.3) is 111 Å². The van der Waals surface area contributed by atoms with E-state index < -0.39 is 11.7 Å². The van der Waals surface area contributed by atoms with Crippen LogP contribution in [0.1, 0.15) is 55.6 Å². The van der Waals surface area contributed by atoms with Crippen molar-refractivity contribution >= 4 is 43.6 Å². The molecule has 0 aliphatic rings. The number of rotatable bonds is 7.